The predicted octanol–water partition coefficient (Wildman–Crippen LogP) is 3.51. The first kappa shape index (κ1) is 18.0. The summed E-state index contributed by atoms with van der Waals surface area (Å²) in [5.41, 5.74) is 15.3. The molecule has 0 aliphatic carbocycles. The lowest BCUT2D eigenvalue weighted by Crippen LogP contribution is -2.09. The molecule has 0 saturated heterocycles. The van der Waals surface area contributed by atoms with Crippen LogP contribution in [0.5, 0.6) is 0 Å². The molecule has 6 nitrogen and oxygen atoms in total. The average Bonchev–Trinajstić information content (AvgIpc) is 2.68. The Bertz CT molecular complexity index is 934. The molecule has 1 amide bonds. The van der Waals surface area contributed by atoms with Gasteiger partial charge >= 0.3 is 0 Å². The van der Waals surface area contributed by atoms with Crippen molar-refractivity contribution in [3.63, 3.8) is 0 Å². The summed E-state index contributed by atoms with van der Waals surface area (Å²) >= 11 is 0. The van der Waals surface area contributed by atoms with Crippen LogP contribution in [0.2, 0.25) is 0 Å². The van der Waals surface area contributed by atoms with E-state index in [1.165, 1.54) is 6.08 Å². The molecule has 0 bridgehead atoms. The van der Waals surface area contributed by atoms with Gasteiger partial charge in [-0.05, 0) is 53.6 Å². The van der Waals surface area contributed by atoms with Crippen LogP contribution >= 0.6 is 0 Å². The van der Waals surface area contributed by atoms with Crippen LogP contribution in [-0.4, -0.2) is 10.9 Å². The average molecular weight is 359 g/mol. The van der Waals surface area contributed by atoms with E-state index in [2.05, 4.69) is 15.6 Å². The van der Waals surface area contributed by atoms with Crippen LogP contribution in [0, 0.1) is 0 Å². The zero-order valence-corrected chi connectivity index (χ0v) is 14.7. The largest absolute Gasteiger partial charge is 0.399 e. The number of carbonyl (C=O) groups excluding carboxylic acids is 1. The fraction of sp³-hybridized carbons (Fsp3) is 0.0476. The van der Waals surface area contributed by atoms with E-state index < -0.39 is 0 Å². The highest BCUT2D eigenvalue weighted by molar-refractivity contribution is 6.03. The highest BCUT2D eigenvalue weighted by Gasteiger charge is 2.01. The Hall–Kier alpha value is -3.80. The van der Waals surface area contributed by atoms with Gasteiger partial charge < -0.3 is 22.1 Å². The summed E-state index contributed by atoms with van der Waals surface area (Å²) in [6.45, 7) is 0.656. The highest BCUT2D eigenvalue weighted by atomic mass is 16.1. The molecule has 27 heavy (non-hydrogen) atoms. The summed E-state index contributed by atoms with van der Waals surface area (Å²) in [6.07, 6.45) is 4.85. The zero-order chi connectivity index (χ0) is 19.1. The molecule has 136 valence electrons. The van der Waals surface area contributed by atoms with E-state index in [9.17, 15) is 4.79 Å². The molecule has 1 aromatic heterocycles. The number of amides is 1. The molecule has 2 aromatic carbocycles. The Morgan fingerprint density at radius 3 is 2.48 bits per heavy atom. The molecule has 0 aliphatic heterocycles. The van der Waals surface area contributed by atoms with E-state index in [0.29, 0.717) is 17.9 Å². The van der Waals surface area contributed by atoms with Gasteiger partial charge in [-0.25, -0.2) is 4.98 Å². The first-order valence-electron chi connectivity index (χ1n) is 8.48. The molecule has 0 spiro atoms. The molecule has 1 heterocycles. The van der Waals surface area contributed by atoms with Crippen molar-refractivity contribution in [2.45, 2.75) is 6.54 Å². The molecule has 6 N–H and O–H groups in total. The SMILES string of the molecule is Nc1ccc(CNc2ccc(/C=C/C(=O)Nc3ccccc3N)cn2)cc1. The number of nitrogens with zero attached hydrogens (tertiary/aromatic N) is 1. The minimum atomic E-state index is -0.251. The van der Waals surface area contributed by atoms with Crippen molar-refractivity contribution in [3.05, 3.63) is 84.1 Å². The first-order valence-corrected chi connectivity index (χ1v) is 8.48. The monoisotopic (exact) mass is 359 g/mol. The third-order valence-corrected chi connectivity index (χ3v) is 3.89. The number of carbonyl (C=O) groups is 1. The van der Waals surface area contributed by atoms with Crippen LogP contribution < -0.4 is 22.1 Å². The van der Waals surface area contributed by atoms with Crippen molar-refractivity contribution in [1.29, 1.82) is 0 Å². The quantitative estimate of drug-likeness (QED) is 0.398. The van der Waals surface area contributed by atoms with Gasteiger partial charge in [0, 0.05) is 24.5 Å². The van der Waals surface area contributed by atoms with Crippen LogP contribution in [0.4, 0.5) is 22.9 Å². The fourth-order valence-corrected chi connectivity index (χ4v) is 2.39. The van der Waals surface area contributed by atoms with Gasteiger partial charge in [-0.3, -0.25) is 4.79 Å². The van der Waals surface area contributed by atoms with Gasteiger partial charge in [-0.1, -0.05) is 24.3 Å². The molecule has 0 radical (unpaired) electrons. The molecule has 6 heteroatoms. The Balaban J connectivity index is 1.53. The van der Waals surface area contributed by atoms with Crippen molar-refractivity contribution in [3.8, 4) is 0 Å². The van der Waals surface area contributed by atoms with Crippen molar-refractivity contribution >= 4 is 34.9 Å². The number of aromatic nitrogens is 1. The Morgan fingerprint density at radius 2 is 1.78 bits per heavy atom. The number of rotatable bonds is 6. The lowest BCUT2D eigenvalue weighted by Gasteiger charge is -2.06. The maximum Gasteiger partial charge on any atom is 0.248 e. The Labute approximate surface area is 157 Å². The van der Waals surface area contributed by atoms with Gasteiger partial charge in [0.25, 0.3) is 0 Å². The van der Waals surface area contributed by atoms with Gasteiger partial charge in [0.05, 0.1) is 11.4 Å². The number of hydrogen-bond donors (Lipinski definition) is 4. The number of hydrogen-bond acceptors (Lipinski definition) is 5. The lowest BCUT2D eigenvalue weighted by atomic mass is 10.2. The van der Waals surface area contributed by atoms with Gasteiger partial charge in [-0.15, -0.1) is 0 Å². The second-order valence-corrected chi connectivity index (χ2v) is 5.98. The third kappa shape index (κ3) is 5.34. The number of nitrogens with two attached hydrogens (primary N) is 2. The molecule has 0 unspecified atom stereocenters. The van der Waals surface area contributed by atoms with Crippen molar-refractivity contribution in [1.82, 2.24) is 4.98 Å². The number of pyridine rings is 1. The van der Waals surface area contributed by atoms with E-state index in [0.717, 1.165) is 22.6 Å². The van der Waals surface area contributed by atoms with Gasteiger partial charge in [0.15, 0.2) is 0 Å². The maximum absolute atomic E-state index is 12.0. The second-order valence-electron chi connectivity index (χ2n) is 5.98. The van der Waals surface area contributed by atoms with Crippen LogP contribution in [0.3, 0.4) is 0 Å². The summed E-state index contributed by atoms with van der Waals surface area (Å²) in [5, 5.41) is 5.98. The standard InChI is InChI=1S/C21H21N5O/c22-17-9-5-15(6-10-17)13-24-20-11-7-16(14-25-20)8-12-21(27)26-19-4-2-1-3-18(19)23/h1-12,14H,13,22-23H2,(H,24,25)(H,26,27)/b12-8+. The minimum absolute atomic E-state index is 0.251. The first-order chi connectivity index (χ1) is 13.1. The fourth-order valence-electron chi connectivity index (χ4n) is 2.39. The maximum atomic E-state index is 12.0. The highest BCUT2D eigenvalue weighted by Crippen LogP contribution is 2.16. The van der Waals surface area contributed by atoms with Crippen LogP contribution in [0.25, 0.3) is 6.08 Å². The van der Waals surface area contributed by atoms with Gasteiger partial charge in [-0.2, -0.15) is 0 Å². The summed E-state index contributed by atoms with van der Waals surface area (Å²) in [6, 6.07) is 18.5. The number of para-hydroxylation sites is 2. The van der Waals surface area contributed by atoms with Crippen LogP contribution in [0.1, 0.15) is 11.1 Å². The number of nitrogen functional groups attached to an aromatic ring is 2. The number of benzene rings is 2. The second kappa shape index (κ2) is 8.53. The molecule has 3 rings (SSSR count). The van der Waals surface area contributed by atoms with Crippen LogP contribution in [0.15, 0.2) is 72.9 Å². The summed E-state index contributed by atoms with van der Waals surface area (Å²) in [5.74, 6) is 0.504. The normalized spacial score (nSPS) is 10.7. The summed E-state index contributed by atoms with van der Waals surface area (Å²) in [4.78, 5) is 16.3. The molecule has 0 atom stereocenters. The third-order valence-electron chi connectivity index (χ3n) is 3.89. The van der Waals surface area contributed by atoms with Crippen molar-refractivity contribution < 1.29 is 4.79 Å². The smallest absolute Gasteiger partial charge is 0.248 e. The predicted molar refractivity (Wildman–Crippen MR) is 111 cm³/mol. The summed E-state index contributed by atoms with van der Waals surface area (Å²) in [7, 11) is 0. The number of anilines is 4. The molecular weight excluding hydrogens is 338 g/mol. The molecule has 3 aromatic rings. The summed E-state index contributed by atoms with van der Waals surface area (Å²) < 4.78 is 0. The van der Waals surface area contributed by atoms with E-state index in [1.54, 1.807) is 24.4 Å². The van der Waals surface area contributed by atoms with Gasteiger partial charge in [0.1, 0.15) is 5.82 Å². The van der Waals surface area contributed by atoms with Crippen molar-refractivity contribution in [2.75, 3.05) is 22.1 Å². The Kier molecular flexibility index (Phi) is 5.69. The minimum Gasteiger partial charge on any atom is -0.399 e. The zero-order valence-electron chi connectivity index (χ0n) is 14.7. The van der Waals surface area contributed by atoms with E-state index in [4.69, 9.17) is 11.5 Å². The van der Waals surface area contributed by atoms with Gasteiger partial charge in [0.2, 0.25) is 5.91 Å². The van der Waals surface area contributed by atoms with E-state index >= 15 is 0 Å². The Morgan fingerprint density at radius 1 is 1.00 bits per heavy atom. The lowest BCUT2D eigenvalue weighted by molar-refractivity contribution is -0.111. The number of nitrogens with one attached hydrogen (secondary N) is 2. The van der Waals surface area contributed by atoms with Crippen molar-refractivity contribution in [2.24, 2.45) is 0 Å². The van der Waals surface area contributed by atoms with E-state index in [1.807, 2.05) is 48.5 Å². The van der Waals surface area contributed by atoms with E-state index in [-0.39, 0.29) is 5.91 Å². The molecule has 0 aliphatic rings. The molecule has 0 fully saturated rings. The topological polar surface area (TPSA) is 106 Å². The molecule has 0 saturated carbocycles. The molecular formula is C21H21N5O. The van der Waals surface area contributed by atoms with Crippen LogP contribution in [-0.2, 0) is 11.3 Å².